The van der Waals surface area contributed by atoms with E-state index in [2.05, 4.69) is 15.4 Å². The molecule has 0 radical (unpaired) electrons. The van der Waals surface area contributed by atoms with Crippen molar-refractivity contribution in [1.82, 2.24) is 25.1 Å². The van der Waals surface area contributed by atoms with E-state index in [-0.39, 0.29) is 35.9 Å². The molecule has 1 aromatic carbocycles. The third-order valence-corrected chi connectivity index (χ3v) is 6.46. The molecule has 146 valence electrons. The molecule has 3 rings (SSSR count). The van der Waals surface area contributed by atoms with Crippen LogP contribution in [0.25, 0.3) is 11.4 Å². The van der Waals surface area contributed by atoms with Crippen molar-refractivity contribution in [2.45, 2.75) is 32.9 Å². The summed E-state index contributed by atoms with van der Waals surface area (Å²) in [4.78, 5) is 15.7. The van der Waals surface area contributed by atoms with Crippen molar-refractivity contribution in [3.05, 3.63) is 29.3 Å². The standard InChI is InChI=1S/C17H22ClN5O3S/c1-12(2)9-22(13-7-8-27(25,26)11-13)16(24)10-23-20-17(19-21-23)14-5-3-4-6-15(14)18/h3-6,12-13H,7-11H2,1-2H3/t13-/m1/s1. The van der Waals surface area contributed by atoms with Gasteiger partial charge in [0, 0.05) is 18.2 Å². The second kappa shape index (κ2) is 7.93. The number of nitrogens with zero attached hydrogens (tertiary/aromatic N) is 5. The number of carbonyl (C=O) groups is 1. The third-order valence-electron chi connectivity index (χ3n) is 4.38. The molecular weight excluding hydrogens is 390 g/mol. The van der Waals surface area contributed by atoms with Crippen LogP contribution in [0.3, 0.4) is 0 Å². The van der Waals surface area contributed by atoms with Crippen LogP contribution in [-0.4, -0.2) is 63.5 Å². The maximum Gasteiger partial charge on any atom is 0.246 e. The van der Waals surface area contributed by atoms with Gasteiger partial charge in [-0.1, -0.05) is 37.6 Å². The minimum atomic E-state index is -3.08. The number of benzene rings is 1. The van der Waals surface area contributed by atoms with Gasteiger partial charge in [-0.3, -0.25) is 4.79 Å². The minimum absolute atomic E-state index is 0.0150. The van der Waals surface area contributed by atoms with Gasteiger partial charge in [0.25, 0.3) is 0 Å². The summed E-state index contributed by atoms with van der Waals surface area (Å²) in [5.41, 5.74) is 0.638. The monoisotopic (exact) mass is 411 g/mol. The summed E-state index contributed by atoms with van der Waals surface area (Å²) in [7, 11) is -3.08. The van der Waals surface area contributed by atoms with E-state index in [0.29, 0.717) is 29.4 Å². The van der Waals surface area contributed by atoms with Crippen molar-refractivity contribution in [2.75, 3.05) is 18.1 Å². The molecule has 2 aromatic rings. The average Bonchev–Trinajstić information content (AvgIpc) is 3.19. The fourth-order valence-electron chi connectivity index (χ4n) is 3.14. The van der Waals surface area contributed by atoms with Gasteiger partial charge >= 0.3 is 0 Å². The molecule has 1 fully saturated rings. The minimum Gasteiger partial charge on any atom is -0.337 e. The molecule has 10 heteroatoms. The zero-order valence-electron chi connectivity index (χ0n) is 15.2. The van der Waals surface area contributed by atoms with Crippen molar-refractivity contribution in [3.8, 4) is 11.4 Å². The van der Waals surface area contributed by atoms with Crippen LogP contribution in [0.2, 0.25) is 5.02 Å². The topological polar surface area (TPSA) is 98.1 Å². The first-order chi connectivity index (χ1) is 12.7. The molecule has 1 aliphatic heterocycles. The number of tetrazole rings is 1. The van der Waals surface area contributed by atoms with E-state index in [1.54, 1.807) is 23.1 Å². The predicted octanol–water partition coefficient (Wildman–Crippen LogP) is 1.67. The molecule has 1 aliphatic rings. The van der Waals surface area contributed by atoms with E-state index in [1.165, 1.54) is 4.80 Å². The van der Waals surface area contributed by atoms with Gasteiger partial charge in [-0.25, -0.2) is 8.42 Å². The number of halogens is 1. The van der Waals surface area contributed by atoms with Gasteiger partial charge in [-0.15, -0.1) is 10.2 Å². The Balaban J connectivity index is 1.75. The molecule has 0 spiro atoms. The fraction of sp³-hybridized carbons (Fsp3) is 0.529. The van der Waals surface area contributed by atoms with E-state index >= 15 is 0 Å². The van der Waals surface area contributed by atoms with Crippen LogP contribution in [0.15, 0.2) is 24.3 Å². The Kier molecular flexibility index (Phi) is 5.81. The summed E-state index contributed by atoms with van der Waals surface area (Å²) >= 11 is 6.15. The second-order valence-electron chi connectivity index (χ2n) is 7.12. The Morgan fingerprint density at radius 3 is 2.74 bits per heavy atom. The van der Waals surface area contributed by atoms with Crippen LogP contribution in [0.5, 0.6) is 0 Å². The first kappa shape index (κ1) is 19.8. The average molecular weight is 412 g/mol. The van der Waals surface area contributed by atoms with E-state index < -0.39 is 9.84 Å². The molecule has 1 saturated heterocycles. The molecule has 8 nitrogen and oxygen atoms in total. The van der Waals surface area contributed by atoms with Crippen LogP contribution in [0.1, 0.15) is 20.3 Å². The highest BCUT2D eigenvalue weighted by Gasteiger charge is 2.35. The molecular formula is C17H22ClN5O3S. The number of hydrogen-bond acceptors (Lipinski definition) is 6. The summed E-state index contributed by atoms with van der Waals surface area (Å²) in [6, 6.07) is 6.83. The van der Waals surface area contributed by atoms with Crippen molar-refractivity contribution in [2.24, 2.45) is 5.92 Å². The molecule has 2 heterocycles. The van der Waals surface area contributed by atoms with E-state index in [4.69, 9.17) is 11.6 Å². The van der Waals surface area contributed by atoms with Gasteiger partial charge in [0.1, 0.15) is 6.54 Å². The highest BCUT2D eigenvalue weighted by atomic mass is 35.5. The van der Waals surface area contributed by atoms with Crippen LogP contribution < -0.4 is 0 Å². The maximum atomic E-state index is 12.8. The number of aromatic nitrogens is 4. The first-order valence-electron chi connectivity index (χ1n) is 8.78. The molecule has 1 atom stereocenters. The first-order valence-corrected chi connectivity index (χ1v) is 11.0. The smallest absolute Gasteiger partial charge is 0.246 e. The van der Waals surface area contributed by atoms with Crippen molar-refractivity contribution < 1.29 is 13.2 Å². The lowest BCUT2D eigenvalue weighted by molar-refractivity contribution is -0.134. The van der Waals surface area contributed by atoms with Gasteiger partial charge in [0.05, 0.1) is 16.5 Å². The molecule has 0 aliphatic carbocycles. The molecule has 27 heavy (non-hydrogen) atoms. The Morgan fingerprint density at radius 1 is 1.37 bits per heavy atom. The maximum absolute atomic E-state index is 12.8. The summed E-state index contributed by atoms with van der Waals surface area (Å²) in [5.74, 6) is 0.486. The zero-order chi connectivity index (χ0) is 19.6. The normalized spacial score (nSPS) is 18.7. The second-order valence-corrected chi connectivity index (χ2v) is 9.76. The van der Waals surface area contributed by atoms with E-state index in [1.807, 2.05) is 19.9 Å². The van der Waals surface area contributed by atoms with Crippen LogP contribution in [0, 0.1) is 5.92 Å². The molecule has 0 saturated carbocycles. The van der Waals surface area contributed by atoms with Crippen molar-refractivity contribution in [1.29, 1.82) is 0 Å². The Bertz CT molecular complexity index is 928. The highest BCUT2D eigenvalue weighted by molar-refractivity contribution is 7.91. The zero-order valence-corrected chi connectivity index (χ0v) is 16.8. The summed E-state index contributed by atoms with van der Waals surface area (Å²) < 4.78 is 23.6. The predicted molar refractivity (Wildman–Crippen MR) is 102 cm³/mol. The van der Waals surface area contributed by atoms with E-state index in [9.17, 15) is 13.2 Å². The van der Waals surface area contributed by atoms with Gasteiger partial charge in [-0.05, 0) is 29.7 Å². The lowest BCUT2D eigenvalue weighted by atomic mass is 10.1. The highest BCUT2D eigenvalue weighted by Crippen LogP contribution is 2.24. The molecule has 0 unspecified atom stereocenters. The van der Waals surface area contributed by atoms with Crippen molar-refractivity contribution in [3.63, 3.8) is 0 Å². The largest absolute Gasteiger partial charge is 0.337 e. The number of carbonyl (C=O) groups excluding carboxylic acids is 1. The summed E-state index contributed by atoms with van der Waals surface area (Å²) in [6.45, 7) is 4.38. The molecule has 1 aromatic heterocycles. The van der Waals surface area contributed by atoms with Crippen LogP contribution in [0.4, 0.5) is 0 Å². The quantitative estimate of drug-likeness (QED) is 0.717. The molecule has 0 bridgehead atoms. The van der Waals surface area contributed by atoms with Gasteiger partial charge in [0.15, 0.2) is 9.84 Å². The molecule has 1 amide bonds. The molecule has 0 N–H and O–H groups in total. The summed E-state index contributed by atoms with van der Waals surface area (Å²) in [6.07, 6.45) is 0.469. The lowest BCUT2D eigenvalue weighted by Gasteiger charge is -2.29. The SMILES string of the molecule is CC(C)CN(C(=O)Cn1nnc(-c2ccccc2Cl)n1)[C@@H]1CCS(=O)(=O)C1. The lowest BCUT2D eigenvalue weighted by Crippen LogP contribution is -2.45. The summed E-state index contributed by atoms with van der Waals surface area (Å²) in [5, 5.41) is 12.7. The van der Waals surface area contributed by atoms with Crippen LogP contribution >= 0.6 is 11.6 Å². The van der Waals surface area contributed by atoms with Gasteiger partial charge < -0.3 is 4.90 Å². The van der Waals surface area contributed by atoms with Gasteiger partial charge in [0.2, 0.25) is 11.7 Å². The number of sulfone groups is 1. The Labute approximate surface area is 163 Å². The number of rotatable bonds is 6. The van der Waals surface area contributed by atoms with Crippen molar-refractivity contribution >= 4 is 27.3 Å². The third kappa shape index (κ3) is 4.84. The Hall–Kier alpha value is -2.00. The van der Waals surface area contributed by atoms with Gasteiger partial charge in [-0.2, -0.15) is 4.80 Å². The van der Waals surface area contributed by atoms with E-state index in [0.717, 1.165) is 0 Å². The van der Waals surface area contributed by atoms with Crippen LogP contribution in [-0.2, 0) is 21.2 Å². The number of hydrogen-bond donors (Lipinski definition) is 0. The number of amides is 1. The Morgan fingerprint density at radius 2 is 2.11 bits per heavy atom. The fourth-order valence-corrected chi connectivity index (χ4v) is 5.09.